The Labute approximate surface area is 95.9 Å². The van der Waals surface area contributed by atoms with Gasteiger partial charge in [-0.2, -0.15) is 0 Å². The number of hydrogen-bond donors (Lipinski definition) is 2. The molecule has 0 radical (unpaired) electrons. The minimum absolute atomic E-state index is 0.853. The van der Waals surface area contributed by atoms with Crippen molar-refractivity contribution in [2.75, 3.05) is 13.1 Å². The average molecular weight is 222 g/mol. The first-order valence-corrected chi connectivity index (χ1v) is 5.53. The molecule has 4 heteroatoms. The largest absolute Gasteiger partial charge is 0.464 e. The maximum atomic E-state index is 10.1. The van der Waals surface area contributed by atoms with E-state index in [1.807, 2.05) is 36.4 Å². The smallest absolute Gasteiger partial charge is 0.419 e. The molecule has 0 atom stereocenters. The maximum Gasteiger partial charge on any atom is 0.419 e. The molecule has 0 aromatic heterocycles. The molecule has 16 heavy (non-hydrogen) atoms. The van der Waals surface area contributed by atoms with E-state index < -0.39 is 6.09 Å². The van der Waals surface area contributed by atoms with Gasteiger partial charge in [-0.1, -0.05) is 42.8 Å². The van der Waals surface area contributed by atoms with E-state index in [2.05, 4.69) is 5.43 Å². The third-order valence-electron chi connectivity index (χ3n) is 2.28. The first-order valence-electron chi connectivity index (χ1n) is 5.53. The SMILES string of the molecule is O=C(O)NN1CCCCC1.c1ccccc1. The third kappa shape index (κ3) is 6.03. The molecule has 88 valence electrons. The fourth-order valence-electron chi connectivity index (χ4n) is 1.53. The number of hydrogen-bond acceptors (Lipinski definition) is 2. The number of benzene rings is 1. The van der Waals surface area contributed by atoms with E-state index in [4.69, 9.17) is 5.11 Å². The zero-order valence-electron chi connectivity index (χ0n) is 9.30. The van der Waals surface area contributed by atoms with Gasteiger partial charge in [0.2, 0.25) is 0 Å². The number of carboxylic acid groups (broad SMARTS) is 1. The molecule has 1 saturated heterocycles. The molecule has 2 N–H and O–H groups in total. The van der Waals surface area contributed by atoms with Crippen LogP contribution in [0.25, 0.3) is 0 Å². The second-order valence-electron chi connectivity index (χ2n) is 3.62. The Bertz CT molecular complexity index is 258. The van der Waals surface area contributed by atoms with Gasteiger partial charge in [0, 0.05) is 13.1 Å². The molecule has 1 aliphatic rings. The van der Waals surface area contributed by atoms with E-state index in [-0.39, 0.29) is 0 Å². The number of amides is 1. The summed E-state index contributed by atoms with van der Waals surface area (Å²) in [7, 11) is 0. The Kier molecular flexibility index (Phi) is 6.03. The molecule has 0 aliphatic carbocycles. The highest BCUT2D eigenvalue weighted by atomic mass is 16.4. The highest BCUT2D eigenvalue weighted by molar-refractivity contribution is 5.63. The van der Waals surface area contributed by atoms with E-state index >= 15 is 0 Å². The van der Waals surface area contributed by atoms with Crippen molar-refractivity contribution < 1.29 is 9.90 Å². The van der Waals surface area contributed by atoms with Crippen LogP contribution in [0.1, 0.15) is 19.3 Å². The molecule has 1 aromatic carbocycles. The highest BCUT2D eigenvalue weighted by Gasteiger charge is 2.10. The predicted octanol–water partition coefficient (Wildman–Crippen LogP) is 2.34. The molecule has 4 nitrogen and oxygen atoms in total. The van der Waals surface area contributed by atoms with Gasteiger partial charge in [-0.25, -0.2) is 9.80 Å². The fourth-order valence-corrected chi connectivity index (χ4v) is 1.53. The molecule has 1 amide bonds. The standard InChI is InChI=1S/C6H12N2O2.C6H6/c9-6(10)7-8-4-2-1-3-5-8;1-2-4-6-5-3-1/h7H,1-5H2,(H,9,10);1-6H. The van der Waals surface area contributed by atoms with Gasteiger partial charge in [-0.15, -0.1) is 0 Å². The minimum Gasteiger partial charge on any atom is -0.464 e. The Morgan fingerprint density at radius 1 is 0.938 bits per heavy atom. The number of hydrazine groups is 1. The van der Waals surface area contributed by atoms with Crippen LogP contribution in [-0.4, -0.2) is 29.3 Å². The summed E-state index contributed by atoms with van der Waals surface area (Å²) >= 11 is 0. The quantitative estimate of drug-likeness (QED) is 0.766. The van der Waals surface area contributed by atoms with Crippen molar-refractivity contribution in [1.29, 1.82) is 0 Å². The molecule has 1 heterocycles. The Balaban J connectivity index is 0.000000181. The lowest BCUT2D eigenvalue weighted by Gasteiger charge is -2.24. The third-order valence-corrected chi connectivity index (χ3v) is 2.28. The van der Waals surface area contributed by atoms with Crippen molar-refractivity contribution in [3.63, 3.8) is 0 Å². The predicted molar refractivity (Wildman–Crippen MR) is 63.0 cm³/mol. The summed E-state index contributed by atoms with van der Waals surface area (Å²) in [4.78, 5) is 10.1. The lowest BCUT2D eigenvalue weighted by Crippen LogP contribution is -2.44. The molecular formula is C12H18N2O2. The van der Waals surface area contributed by atoms with Crippen LogP contribution < -0.4 is 5.43 Å². The van der Waals surface area contributed by atoms with Crippen LogP contribution in [0.3, 0.4) is 0 Å². The van der Waals surface area contributed by atoms with Gasteiger partial charge in [0.15, 0.2) is 0 Å². The lowest BCUT2D eigenvalue weighted by atomic mass is 10.2. The van der Waals surface area contributed by atoms with Gasteiger partial charge >= 0.3 is 6.09 Å². The summed E-state index contributed by atoms with van der Waals surface area (Å²) in [6.07, 6.45) is 2.46. The molecule has 1 fully saturated rings. The first-order chi connectivity index (χ1) is 7.79. The van der Waals surface area contributed by atoms with Crippen LogP contribution >= 0.6 is 0 Å². The van der Waals surface area contributed by atoms with Crippen LogP contribution in [0, 0.1) is 0 Å². The lowest BCUT2D eigenvalue weighted by molar-refractivity contribution is 0.124. The minimum atomic E-state index is -0.957. The van der Waals surface area contributed by atoms with Crippen molar-refractivity contribution in [3.8, 4) is 0 Å². The zero-order chi connectivity index (χ0) is 11.6. The van der Waals surface area contributed by atoms with Crippen LogP contribution in [0.4, 0.5) is 4.79 Å². The topological polar surface area (TPSA) is 52.6 Å². The summed E-state index contributed by atoms with van der Waals surface area (Å²) in [6.45, 7) is 1.71. The van der Waals surface area contributed by atoms with E-state index in [0.29, 0.717) is 0 Å². The van der Waals surface area contributed by atoms with Crippen LogP contribution in [0.15, 0.2) is 36.4 Å². The molecule has 0 unspecified atom stereocenters. The van der Waals surface area contributed by atoms with E-state index in [0.717, 1.165) is 25.9 Å². The van der Waals surface area contributed by atoms with Crippen LogP contribution in [0.2, 0.25) is 0 Å². The van der Waals surface area contributed by atoms with E-state index in [1.54, 1.807) is 5.01 Å². The number of nitrogens with one attached hydrogen (secondary N) is 1. The number of carbonyl (C=O) groups is 1. The number of nitrogens with zero attached hydrogens (tertiary/aromatic N) is 1. The van der Waals surface area contributed by atoms with Crippen molar-refractivity contribution in [1.82, 2.24) is 10.4 Å². The monoisotopic (exact) mass is 222 g/mol. The van der Waals surface area contributed by atoms with Gasteiger partial charge in [-0.3, -0.25) is 5.43 Å². The van der Waals surface area contributed by atoms with Crippen molar-refractivity contribution in [2.45, 2.75) is 19.3 Å². The van der Waals surface area contributed by atoms with Crippen molar-refractivity contribution in [3.05, 3.63) is 36.4 Å². The zero-order valence-corrected chi connectivity index (χ0v) is 9.30. The average Bonchev–Trinajstić information content (AvgIpc) is 2.32. The number of piperidine rings is 1. The second kappa shape index (κ2) is 7.70. The molecule has 1 aliphatic heterocycles. The first kappa shape index (κ1) is 12.5. The molecule has 2 rings (SSSR count). The summed E-state index contributed by atoms with van der Waals surface area (Å²) in [6, 6.07) is 12.0. The van der Waals surface area contributed by atoms with E-state index in [1.165, 1.54) is 6.42 Å². The van der Waals surface area contributed by atoms with Crippen LogP contribution in [-0.2, 0) is 0 Å². The molecule has 0 saturated carbocycles. The highest BCUT2D eigenvalue weighted by Crippen LogP contribution is 2.05. The van der Waals surface area contributed by atoms with Gasteiger partial charge < -0.3 is 5.11 Å². The molecular weight excluding hydrogens is 204 g/mol. The van der Waals surface area contributed by atoms with E-state index in [9.17, 15) is 4.79 Å². The summed E-state index contributed by atoms with van der Waals surface area (Å²) < 4.78 is 0. The summed E-state index contributed by atoms with van der Waals surface area (Å²) in [5.74, 6) is 0. The fraction of sp³-hybridized carbons (Fsp3) is 0.417. The summed E-state index contributed by atoms with van der Waals surface area (Å²) in [5.41, 5.74) is 2.33. The van der Waals surface area contributed by atoms with Crippen molar-refractivity contribution in [2.24, 2.45) is 0 Å². The van der Waals surface area contributed by atoms with Gasteiger partial charge in [0.1, 0.15) is 0 Å². The Hall–Kier alpha value is -1.55. The molecule has 1 aromatic rings. The Morgan fingerprint density at radius 2 is 1.38 bits per heavy atom. The molecule has 0 bridgehead atoms. The molecule has 0 spiro atoms. The van der Waals surface area contributed by atoms with Gasteiger partial charge in [-0.05, 0) is 12.8 Å². The maximum absolute atomic E-state index is 10.1. The van der Waals surface area contributed by atoms with Gasteiger partial charge in [0.25, 0.3) is 0 Å². The van der Waals surface area contributed by atoms with Crippen LogP contribution in [0.5, 0.6) is 0 Å². The van der Waals surface area contributed by atoms with Crippen molar-refractivity contribution >= 4 is 6.09 Å². The normalized spacial score (nSPS) is 15.8. The second-order valence-corrected chi connectivity index (χ2v) is 3.62. The number of rotatable bonds is 1. The summed E-state index contributed by atoms with van der Waals surface area (Å²) in [5, 5.41) is 10.1. The Morgan fingerprint density at radius 3 is 1.75 bits per heavy atom. The van der Waals surface area contributed by atoms with Gasteiger partial charge in [0.05, 0.1) is 0 Å².